The highest BCUT2D eigenvalue weighted by Gasteiger charge is 2.54. The van der Waals surface area contributed by atoms with Crippen molar-refractivity contribution in [1.82, 2.24) is 4.90 Å². The summed E-state index contributed by atoms with van der Waals surface area (Å²) in [6, 6.07) is 8.59. The number of benzene rings is 1. The largest absolute Gasteiger partial charge is 0.307 e. The zero-order valence-electron chi connectivity index (χ0n) is 14.9. The van der Waals surface area contributed by atoms with E-state index in [0.29, 0.717) is 6.54 Å². The number of rotatable bonds is 4. The first-order chi connectivity index (χ1) is 12.2. The first-order valence-corrected chi connectivity index (χ1v) is 10.4. The maximum Gasteiger partial charge on any atom is 0.234 e. The average Bonchev–Trinajstić information content (AvgIpc) is 3.07. The van der Waals surface area contributed by atoms with E-state index in [1.807, 2.05) is 11.0 Å². The molecule has 0 aromatic heterocycles. The van der Waals surface area contributed by atoms with Gasteiger partial charge in [0, 0.05) is 6.54 Å². The van der Waals surface area contributed by atoms with Crippen molar-refractivity contribution in [3.63, 3.8) is 0 Å². The highest BCUT2D eigenvalue weighted by atomic mass is 32.2. The van der Waals surface area contributed by atoms with E-state index in [4.69, 9.17) is 4.99 Å². The van der Waals surface area contributed by atoms with Crippen LogP contribution in [0.5, 0.6) is 0 Å². The van der Waals surface area contributed by atoms with Crippen molar-refractivity contribution in [2.24, 2.45) is 16.3 Å². The summed E-state index contributed by atoms with van der Waals surface area (Å²) < 4.78 is 0. The minimum absolute atomic E-state index is 0.0708. The van der Waals surface area contributed by atoms with Gasteiger partial charge in [0.1, 0.15) is 0 Å². The average molecular weight is 355 g/mol. The van der Waals surface area contributed by atoms with Gasteiger partial charge in [0.15, 0.2) is 5.50 Å². The SMILES string of the molecule is C=CCN1C(=O)C2C(=N[C@@H]1SCC)c1ccccc1CC21CCCC1. The van der Waals surface area contributed by atoms with Gasteiger partial charge in [-0.3, -0.25) is 9.79 Å². The molecule has 2 atom stereocenters. The van der Waals surface area contributed by atoms with Gasteiger partial charge < -0.3 is 4.90 Å². The van der Waals surface area contributed by atoms with Crippen molar-refractivity contribution < 1.29 is 4.79 Å². The topological polar surface area (TPSA) is 32.7 Å². The highest BCUT2D eigenvalue weighted by Crippen LogP contribution is 2.53. The molecule has 2 aliphatic carbocycles. The lowest BCUT2D eigenvalue weighted by molar-refractivity contribution is -0.138. The van der Waals surface area contributed by atoms with Crippen LogP contribution in [0.3, 0.4) is 0 Å². The number of nitrogens with zero attached hydrogens (tertiary/aromatic N) is 2. The highest BCUT2D eigenvalue weighted by molar-refractivity contribution is 7.99. The number of carbonyl (C=O) groups is 1. The molecule has 0 saturated heterocycles. The summed E-state index contributed by atoms with van der Waals surface area (Å²) in [4.78, 5) is 20.7. The summed E-state index contributed by atoms with van der Waals surface area (Å²) in [6.07, 6.45) is 7.60. The molecular formula is C21H26N2OS. The van der Waals surface area contributed by atoms with Gasteiger partial charge >= 0.3 is 0 Å². The molecule has 3 aliphatic rings. The van der Waals surface area contributed by atoms with Gasteiger partial charge in [0.2, 0.25) is 5.91 Å². The fraction of sp³-hybridized carbons (Fsp3) is 0.524. The van der Waals surface area contributed by atoms with E-state index >= 15 is 0 Å². The molecular weight excluding hydrogens is 328 g/mol. The zero-order valence-corrected chi connectivity index (χ0v) is 15.7. The van der Waals surface area contributed by atoms with Crippen molar-refractivity contribution in [2.45, 2.75) is 44.5 Å². The number of carbonyl (C=O) groups excluding carboxylic acids is 1. The monoisotopic (exact) mass is 354 g/mol. The Kier molecular flexibility index (Phi) is 4.48. The molecule has 1 aromatic carbocycles. The molecule has 1 aromatic rings. The molecule has 1 unspecified atom stereocenters. The summed E-state index contributed by atoms with van der Waals surface area (Å²) in [5.41, 5.74) is 3.60. The molecule has 4 heteroatoms. The van der Waals surface area contributed by atoms with Crippen LogP contribution in [-0.2, 0) is 11.2 Å². The van der Waals surface area contributed by atoms with E-state index in [-0.39, 0.29) is 22.7 Å². The van der Waals surface area contributed by atoms with Crippen LogP contribution < -0.4 is 0 Å². The van der Waals surface area contributed by atoms with Crippen LogP contribution in [0.4, 0.5) is 0 Å². The zero-order chi connectivity index (χ0) is 17.4. The third-order valence-electron chi connectivity index (χ3n) is 6.01. The Morgan fingerprint density at radius 3 is 2.84 bits per heavy atom. The fourth-order valence-electron chi connectivity index (χ4n) is 4.98. The number of thioether (sulfide) groups is 1. The molecule has 25 heavy (non-hydrogen) atoms. The third kappa shape index (κ3) is 2.66. The second-order valence-electron chi connectivity index (χ2n) is 7.41. The molecule has 1 heterocycles. The van der Waals surface area contributed by atoms with Gasteiger partial charge in [-0.1, -0.05) is 50.1 Å². The predicted molar refractivity (Wildman–Crippen MR) is 105 cm³/mol. The van der Waals surface area contributed by atoms with E-state index in [9.17, 15) is 4.79 Å². The normalized spacial score (nSPS) is 27.0. The lowest BCUT2D eigenvalue weighted by Gasteiger charge is -2.47. The van der Waals surface area contributed by atoms with Crippen LogP contribution >= 0.6 is 11.8 Å². The number of hydrogen-bond acceptors (Lipinski definition) is 3. The van der Waals surface area contributed by atoms with Crippen molar-refractivity contribution in [2.75, 3.05) is 12.3 Å². The first-order valence-electron chi connectivity index (χ1n) is 9.39. The molecule has 0 radical (unpaired) electrons. The summed E-state index contributed by atoms with van der Waals surface area (Å²) in [5, 5.41) is 0. The van der Waals surface area contributed by atoms with E-state index in [1.54, 1.807) is 11.8 Å². The van der Waals surface area contributed by atoms with E-state index in [0.717, 1.165) is 30.7 Å². The fourth-order valence-corrected chi connectivity index (χ4v) is 5.83. The van der Waals surface area contributed by atoms with Crippen LogP contribution in [0.25, 0.3) is 0 Å². The van der Waals surface area contributed by atoms with E-state index in [1.165, 1.54) is 24.0 Å². The Labute approximate surface area is 154 Å². The second-order valence-corrected chi connectivity index (χ2v) is 8.74. The van der Waals surface area contributed by atoms with Crippen LogP contribution in [0.2, 0.25) is 0 Å². The quantitative estimate of drug-likeness (QED) is 0.756. The molecule has 1 amide bonds. The molecule has 0 bridgehead atoms. The Balaban J connectivity index is 1.87. The minimum atomic E-state index is -0.119. The summed E-state index contributed by atoms with van der Waals surface area (Å²) in [6.45, 7) is 6.57. The molecule has 0 N–H and O–H groups in total. The second kappa shape index (κ2) is 6.64. The number of aliphatic imine (C=N–C) groups is 1. The lowest BCUT2D eigenvalue weighted by Crippen LogP contribution is -2.56. The maximum absolute atomic E-state index is 13.6. The van der Waals surface area contributed by atoms with Gasteiger partial charge in [-0.2, -0.15) is 0 Å². The van der Waals surface area contributed by atoms with Gasteiger partial charge in [-0.15, -0.1) is 18.3 Å². The maximum atomic E-state index is 13.6. The molecule has 132 valence electrons. The molecule has 4 rings (SSSR count). The van der Waals surface area contributed by atoms with Crippen LogP contribution in [0.15, 0.2) is 41.9 Å². The minimum Gasteiger partial charge on any atom is -0.307 e. The van der Waals surface area contributed by atoms with E-state index < -0.39 is 0 Å². The smallest absolute Gasteiger partial charge is 0.234 e. The van der Waals surface area contributed by atoms with Crippen molar-refractivity contribution >= 4 is 23.4 Å². The van der Waals surface area contributed by atoms with Crippen molar-refractivity contribution in [3.8, 4) is 0 Å². The van der Waals surface area contributed by atoms with Crippen LogP contribution in [-0.4, -0.2) is 34.3 Å². The Morgan fingerprint density at radius 1 is 1.36 bits per heavy atom. The molecule has 1 saturated carbocycles. The Morgan fingerprint density at radius 2 is 2.12 bits per heavy atom. The number of fused-ring (bicyclic) bond motifs is 4. The first kappa shape index (κ1) is 16.9. The number of amides is 1. The molecule has 1 spiro atoms. The molecule has 1 aliphatic heterocycles. The van der Waals surface area contributed by atoms with Gasteiger partial charge in [-0.05, 0) is 41.6 Å². The van der Waals surface area contributed by atoms with Gasteiger partial charge in [0.25, 0.3) is 0 Å². The predicted octanol–water partition coefficient (Wildman–Crippen LogP) is 4.27. The Bertz CT molecular complexity index is 720. The van der Waals surface area contributed by atoms with Crippen LogP contribution in [0, 0.1) is 11.3 Å². The molecule has 3 nitrogen and oxygen atoms in total. The Hall–Kier alpha value is -1.55. The lowest BCUT2D eigenvalue weighted by atomic mass is 9.61. The summed E-state index contributed by atoms with van der Waals surface area (Å²) >= 11 is 1.74. The third-order valence-corrected chi connectivity index (χ3v) is 7.00. The summed E-state index contributed by atoms with van der Waals surface area (Å²) in [5.74, 6) is 1.14. The summed E-state index contributed by atoms with van der Waals surface area (Å²) in [7, 11) is 0. The van der Waals surface area contributed by atoms with Crippen molar-refractivity contribution in [1.29, 1.82) is 0 Å². The van der Waals surface area contributed by atoms with Crippen molar-refractivity contribution in [3.05, 3.63) is 48.0 Å². The van der Waals surface area contributed by atoms with Gasteiger partial charge in [0.05, 0.1) is 11.6 Å². The molecule has 1 fully saturated rings. The van der Waals surface area contributed by atoms with E-state index in [2.05, 4.69) is 37.8 Å². The van der Waals surface area contributed by atoms with Crippen LogP contribution in [0.1, 0.15) is 43.7 Å². The van der Waals surface area contributed by atoms with Gasteiger partial charge in [-0.25, -0.2) is 0 Å². The standard InChI is InChI=1S/C21H26N2OS/c1-3-13-23-19(24)17-18(22-20(23)25-4-2)16-10-6-5-9-15(16)14-21(17)11-7-8-12-21/h3,5-6,9-10,17,20H,1,4,7-8,11-14H2,2H3/t17?,20-/m0/s1. The number of hydrogen-bond donors (Lipinski definition) is 0.